The van der Waals surface area contributed by atoms with Crippen LogP contribution < -0.4 is 0 Å². The lowest BCUT2D eigenvalue weighted by Crippen LogP contribution is -2.12. The van der Waals surface area contributed by atoms with Crippen molar-refractivity contribution in [3.63, 3.8) is 0 Å². The Kier molecular flexibility index (Phi) is 4.17. The number of alkyl halides is 3. The van der Waals surface area contributed by atoms with E-state index in [1.165, 1.54) is 12.1 Å². The number of hydrogen-bond donors (Lipinski definition) is 1. The summed E-state index contributed by atoms with van der Waals surface area (Å²) in [5.41, 5.74) is 0.284. The lowest BCUT2D eigenvalue weighted by molar-refractivity contribution is -0.147. The molecule has 1 N–H and O–H groups in total. The number of nitrogens with zero attached hydrogens (tertiary/aromatic N) is 3. The number of nitrogens with one attached hydrogen (secondary N) is 1. The Morgan fingerprint density at radius 1 is 1.30 bits per heavy atom. The van der Waals surface area contributed by atoms with E-state index in [0.717, 1.165) is 6.21 Å². The maximum atomic E-state index is 12.7. The summed E-state index contributed by atoms with van der Waals surface area (Å²) in [6, 6.07) is 4.68. The van der Waals surface area contributed by atoms with E-state index < -0.39 is 12.0 Å². The van der Waals surface area contributed by atoms with Crippen LogP contribution in [-0.2, 0) is 6.18 Å². The Balaban J connectivity index is 2.48. The van der Waals surface area contributed by atoms with E-state index in [-0.39, 0.29) is 20.4 Å². The van der Waals surface area contributed by atoms with Gasteiger partial charge in [0.1, 0.15) is 0 Å². The van der Waals surface area contributed by atoms with Gasteiger partial charge >= 0.3 is 6.18 Å². The summed E-state index contributed by atoms with van der Waals surface area (Å²) in [5, 5.41) is 9.25. The van der Waals surface area contributed by atoms with Crippen molar-refractivity contribution in [3.8, 4) is 0 Å². The minimum Gasteiger partial charge on any atom is -0.250 e. The minimum absolute atomic E-state index is 0.254. The molecule has 0 unspecified atom stereocenters. The highest BCUT2D eigenvalue weighted by Gasteiger charge is 2.37. The van der Waals surface area contributed by atoms with E-state index in [1.54, 1.807) is 6.07 Å². The molecule has 0 spiro atoms. The lowest BCUT2D eigenvalue weighted by atomic mass is 10.2. The molecule has 2 rings (SSSR count). The predicted octanol–water partition coefficient (Wildman–Crippen LogP) is 4.15. The Labute approximate surface area is 125 Å². The third-order valence-corrected chi connectivity index (χ3v) is 3.13. The number of halogens is 5. The fourth-order valence-corrected chi connectivity index (χ4v) is 2.01. The van der Waals surface area contributed by atoms with Crippen molar-refractivity contribution in [2.75, 3.05) is 0 Å². The summed E-state index contributed by atoms with van der Waals surface area (Å²) in [6.07, 6.45) is -3.60. The SMILES string of the molecule is FC(F)(F)c1n[nH]c(=S)n1/N=C\c1c(Cl)cccc1Cl. The Morgan fingerprint density at radius 3 is 2.45 bits per heavy atom. The van der Waals surface area contributed by atoms with Gasteiger partial charge in [0, 0.05) is 5.56 Å². The molecule has 0 saturated carbocycles. The fraction of sp³-hybridized carbons (Fsp3) is 0.100. The predicted molar refractivity (Wildman–Crippen MR) is 71.9 cm³/mol. The minimum atomic E-state index is -4.69. The van der Waals surface area contributed by atoms with Crippen LogP contribution in [0.15, 0.2) is 23.3 Å². The van der Waals surface area contributed by atoms with E-state index in [9.17, 15) is 13.2 Å². The molecule has 10 heteroatoms. The van der Waals surface area contributed by atoms with Crippen molar-refractivity contribution in [2.45, 2.75) is 6.18 Å². The van der Waals surface area contributed by atoms with Gasteiger partial charge in [-0.1, -0.05) is 29.3 Å². The molecule has 4 nitrogen and oxygen atoms in total. The summed E-state index contributed by atoms with van der Waals surface area (Å²) in [6.45, 7) is 0. The average molecular weight is 341 g/mol. The molecule has 0 radical (unpaired) electrons. The molecule has 0 atom stereocenters. The van der Waals surface area contributed by atoms with Gasteiger partial charge in [-0.25, -0.2) is 5.10 Å². The second-order valence-electron chi connectivity index (χ2n) is 3.54. The van der Waals surface area contributed by atoms with E-state index in [1.807, 2.05) is 5.10 Å². The van der Waals surface area contributed by atoms with Crippen LogP contribution in [0.2, 0.25) is 10.0 Å². The number of hydrogen-bond acceptors (Lipinski definition) is 3. The van der Waals surface area contributed by atoms with Crippen molar-refractivity contribution < 1.29 is 13.2 Å². The first-order chi connectivity index (χ1) is 9.30. The van der Waals surface area contributed by atoms with Gasteiger partial charge in [-0.3, -0.25) is 0 Å². The molecule has 106 valence electrons. The van der Waals surface area contributed by atoms with Crippen LogP contribution in [0.5, 0.6) is 0 Å². The fourth-order valence-electron chi connectivity index (χ4n) is 1.33. The molecule has 0 saturated heterocycles. The molecule has 0 amide bonds. The van der Waals surface area contributed by atoms with Gasteiger partial charge in [-0.15, -0.1) is 5.10 Å². The number of H-pyrrole nitrogens is 1. The van der Waals surface area contributed by atoms with Crippen molar-refractivity contribution in [1.29, 1.82) is 0 Å². The zero-order valence-electron chi connectivity index (χ0n) is 9.45. The molecule has 20 heavy (non-hydrogen) atoms. The second-order valence-corrected chi connectivity index (χ2v) is 4.74. The number of aromatic nitrogens is 3. The first kappa shape index (κ1) is 15.0. The van der Waals surface area contributed by atoms with E-state index in [0.29, 0.717) is 4.68 Å². The topological polar surface area (TPSA) is 46.0 Å². The van der Waals surface area contributed by atoms with E-state index in [4.69, 9.17) is 23.2 Å². The van der Waals surface area contributed by atoms with Crippen LogP contribution in [0.3, 0.4) is 0 Å². The molecule has 0 aliphatic rings. The smallest absolute Gasteiger partial charge is 0.250 e. The van der Waals surface area contributed by atoms with Crippen LogP contribution in [0.25, 0.3) is 0 Å². The summed E-state index contributed by atoms with van der Waals surface area (Å²) < 4.78 is 38.2. The summed E-state index contributed by atoms with van der Waals surface area (Å²) >= 11 is 16.5. The van der Waals surface area contributed by atoms with Crippen LogP contribution >= 0.6 is 35.4 Å². The second kappa shape index (κ2) is 5.55. The third kappa shape index (κ3) is 3.02. The maximum absolute atomic E-state index is 12.7. The molecule has 0 bridgehead atoms. The Morgan fingerprint density at radius 2 is 1.90 bits per heavy atom. The molecule has 0 fully saturated rings. The molecular weight excluding hydrogens is 336 g/mol. The van der Waals surface area contributed by atoms with E-state index >= 15 is 0 Å². The number of aromatic amines is 1. The normalized spacial score (nSPS) is 12.2. The van der Waals surface area contributed by atoms with Crippen molar-refractivity contribution >= 4 is 41.6 Å². The van der Waals surface area contributed by atoms with Gasteiger partial charge in [-0.05, 0) is 24.4 Å². The van der Waals surface area contributed by atoms with Gasteiger partial charge in [0.25, 0.3) is 5.82 Å². The quantitative estimate of drug-likeness (QED) is 0.659. The molecular formula is C10H5Cl2F3N4S. The van der Waals surface area contributed by atoms with Crippen LogP contribution in [0, 0.1) is 4.77 Å². The highest BCUT2D eigenvalue weighted by molar-refractivity contribution is 7.71. The van der Waals surface area contributed by atoms with Gasteiger partial charge < -0.3 is 0 Å². The van der Waals surface area contributed by atoms with Crippen LogP contribution in [-0.4, -0.2) is 21.1 Å². The molecule has 2 aromatic rings. The maximum Gasteiger partial charge on any atom is 0.453 e. The van der Waals surface area contributed by atoms with Crippen molar-refractivity contribution in [1.82, 2.24) is 14.9 Å². The number of rotatable bonds is 2. The first-order valence-corrected chi connectivity index (χ1v) is 6.20. The van der Waals surface area contributed by atoms with Gasteiger partial charge in [-0.2, -0.15) is 22.9 Å². The summed E-state index contributed by atoms with van der Waals surface area (Å²) in [4.78, 5) is 0. The summed E-state index contributed by atoms with van der Waals surface area (Å²) in [7, 11) is 0. The monoisotopic (exact) mass is 340 g/mol. The largest absolute Gasteiger partial charge is 0.453 e. The molecule has 0 aliphatic carbocycles. The highest BCUT2D eigenvalue weighted by Crippen LogP contribution is 2.28. The summed E-state index contributed by atoms with van der Waals surface area (Å²) in [5.74, 6) is -1.26. The Bertz CT molecular complexity index is 700. The third-order valence-electron chi connectivity index (χ3n) is 2.21. The Hall–Kier alpha value is -1.38. The zero-order valence-corrected chi connectivity index (χ0v) is 11.8. The van der Waals surface area contributed by atoms with E-state index in [2.05, 4.69) is 22.4 Å². The lowest BCUT2D eigenvalue weighted by Gasteiger charge is -2.04. The molecule has 0 aliphatic heterocycles. The molecule has 1 aromatic heterocycles. The van der Waals surface area contributed by atoms with Crippen LogP contribution in [0.1, 0.15) is 11.4 Å². The van der Waals surface area contributed by atoms with Crippen LogP contribution in [0.4, 0.5) is 13.2 Å². The molecule has 1 heterocycles. The highest BCUT2D eigenvalue weighted by atomic mass is 35.5. The average Bonchev–Trinajstić information content (AvgIpc) is 2.70. The molecule has 1 aromatic carbocycles. The first-order valence-electron chi connectivity index (χ1n) is 5.03. The standard InChI is InChI=1S/C10H5Cl2F3N4S/c11-6-2-1-3-7(12)5(6)4-16-19-8(10(13,14)15)17-18-9(19)20/h1-4H,(H,18,20)/b16-4-. The van der Waals surface area contributed by atoms with Crippen molar-refractivity contribution in [2.24, 2.45) is 5.10 Å². The van der Waals surface area contributed by atoms with Crippen molar-refractivity contribution in [3.05, 3.63) is 44.4 Å². The zero-order chi connectivity index (χ0) is 14.9. The van der Waals surface area contributed by atoms with Gasteiger partial charge in [0.15, 0.2) is 0 Å². The number of benzene rings is 1. The van der Waals surface area contributed by atoms with Gasteiger partial charge in [0.05, 0.1) is 16.3 Å². The van der Waals surface area contributed by atoms with Gasteiger partial charge in [0.2, 0.25) is 4.77 Å².